The van der Waals surface area contributed by atoms with Gasteiger partial charge in [-0.1, -0.05) is 51.2 Å². The Hall–Kier alpha value is -0.820. The fraction of sp³-hybridized carbons (Fsp3) is 0.667. The van der Waals surface area contributed by atoms with Gasteiger partial charge in [0.2, 0.25) is 0 Å². The van der Waals surface area contributed by atoms with Crippen LogP contribution in [0.5, 0.6) is 0 Å². The van der Waals surface area contributed by atoms with Crippen LogP contribution in [0.4, 0.5) is 0 Å². The summed E-state index contributed by atoms with van der Waals surface area (Å²) in [5.74, 6) is 0. The summed E-state index contributed by atoms with van der Waals surface area (Å²) in [6.07, 6.45) is 10.2. The lowest BCUT2D eigenvalue weighted by Crippen LogP contribution is -2.05. The average molecular weight is 264 g/mol. The second-order valence-electron chi connectivity index (χ2n) is 6.73. The molecule has 0 atom stereocenters. The molecule has 0 aliphatic rings. The van der Waals surface area contributed by atoms with Crippen molar-refractivity contribution in [2.24, 2.45) is 5.41 Å². The lowest BCUT2D eigenvalue weighted by Gasteiger charge is -2.17. The molecule has 0 aliphatic heterocycles. The molecular weight excluding hydrogens is 232 g/mol. The van der Waals surface area contributed by atoms with E-state index >= 15 is 0 Å². The van der Waals surface area contributed by atoms with E-state index < -0.39 is 0 Å². The molecule has 0 radical (unpaired) electrons. The third-order valence-corrected chi connectivity index (χ3v) is 2.93. The highest BCUT2D eigenvalue weighted by Gasteiger charge is 2.08. The van der Waals surface area contributed by atoms with E-state index in [0.29, 0.717) is 12.0 Å². The predicted octanol–water partition coefficient (Wildman–Crippen LogP) is 5.69. The second kappa shape index (κ2) is 9.14. The van der Waals surface area contributed by atoms with E-state index in [1.807, 2.05) is 19.9 Å². The van der Waals surface area contributed by atoms with E-state index in [-0.39, 0.29) is 6.10 Å². The van der Waals surface area contributed by atoms with E-state index in [2.05, 4.69) is 46.4 Å². The molecule has 0 fully saturated rings. The highest BCUT2D eigenvalue weighted by molar-refractivity contribution is 5.24. The number of hydrogen-bond acceptors (Lipinski definition) is 1. The van der Waals surface area contributed by atoms with E-state index in [9.17, 15) is 0 Å². The topological polar surface area (TPSA) is 9.23 Å². The van der Waals surface area contributed by atoms with Crippen LogP contribution in [-0.2, 0) is 4.74 Å². The van der Waals surface area contributed by atoms with Crippen molar-refractivity contribution >= 4 is 0 Å². The summed E-state index contributed by atoms with van der Waals surface area (Å²) in [4.78, 5) is 0. The predicted molar refractivity (Wildman–Crippen MR) is 86.4 cm³/mol. The van der Waals surface area contributed by atoms with Crippen molar-refractivity contribution in [3.63, 3.8) is 0 Å². The third-order valence-electron chi connectivity index (χ3n) is 2.93. The van der Waals surface area contributed by atoms with Crippen molar-refractivity contribution in [3.8, 4) is 0 Å². The van der Waals surface area contributed by atoms with Gasteiger partial charge in [0, 0.05) is 0 Å². The molecule has 19 heavy (non-hydrogen) atoms. The molecule has 0 N–H and O–H groups in total. The van der Waals surface area contributed by atoms with Gasteiger partial charge in [-0.3, -0.25) is 0 Å². The van der Waals surface area contributed by atoms with E-state index in [1.54, 1.807) is 0 Å². The molecule has 0 aromatic rings. The van der Waals surface area contributed by atoms with Crippen LogP contribution in [-0.4, -0.2) is 12.7 Å². The fourth-order valence-electron chi connectivity index (χ4n) is 1.67. The molecule has 0 amide bonds. The molecule has 0 rings (SSSR count). The molecule has 1 nitrogen and oxygen atoms in total. The van der Waals surface area contributed by atoms with Crippen molar-refractivity contribution in [2.45, 2.75) is 66.9 Å². The number of rotatable bonds is 8. The van der Waals surface area contributed by atoms with Crippen molar-refractivity contribution in [3.05, 3.63) is 36.0 Å². The SMILES string of the molecule is C=C/C(=C\C=C(/C)CCCC(C)(C)C)COC(C)C. The van der Waals surface area contributed by atoms with Gasteiger partial charge in [0.15, 0.2) is 0 Å². The standard InChI is InChI=1S/C18H32O/c1-8-17(14-19-15(2)3)12-11-16(4)10-9-13-18(5,6)7/h8,11-12,15H,1,9-10,13-14H2,2-7H3/b16-11+,17-12+. The summed E-state index contributed by atoms with van der Waals surface area (Å²) in [5, 5.41) is 0. The van der Waals surface area contributed by atoms with E-state index in [4.69, 9.17) is 4.74 Å². The molecule has 0 heterocycles. The van der Waals surface area contributed by atoms with Gasteiger partial charge in [-0.05, 0) is 51.0 Å². The summed E-state index contributed by atoms with van der Waals surface area (Å²) < 4.78 is 5.58. The van der Waals surface area contributed by atoms with Crippen molar-refractivity contribution in [2.75, 3.05) is 6.61 Å². The maximum absolute atomic E-state index is 5.58. The molecule has 0 aliphatic carbocycles. The minimum absolute atomic E-state index is 0.264. The first-order valence-corrected chi connectivity index (χ1v) is 7.35. The Morgan fingerprint density at radius 2 is 1.84 bits per heavy atom. The van der Waals surface area contributed by atoms with Gasteiger partial charge < -0.3 is 4.74 Å². The molecular formula is C18H32O. The summed E-state index contributed by atoms with van der Waals surface area (Å²) in [6, 6.07) is 0. The summed E-state index contributed by atoms with van der Waals surface area (Å²) in [5.41, 5.74) is 3.00. The highest BCUT2D eigenvalue weighted by atomic mass is 16.5. The maximum atomic E-state index is 5.58. The molecule has 0 unspecified atom stereocenters. The Morgan fingerprint density at radius 1 is 1.21 bits per heavy atom. The monoisotopic (exact) mass is 264 g/mol. The first-order valence-electron chi connectivity index (χ1n) is 7.35. The third kappa shape index (κ3) is 12.0. The fourth-order valence-corrected chi connectivity index (χ4v) is 1.67. The van der Waals surface area contributed by atoms with Crippen LogP contribution in [0.15, 0.2) is 36.0 Å². The highest BCUT2D eigenvalue weighted by Crippen LogP contribution is 2.23. The molecule has 0 aromatic carbocycles. The van der Waals surface area contributed by atoms with Gasteiger partial charge >= 0.3 is 0 Å². The number of allylic oxidation sites excluding steroid dienone is 3. The molecule has 1 heteroatoms. The van der Waals surface area contributed by atoms with Crippen LogP contribution in [0.1, 0.15) is 60.8 Å². The Balaban J connectivity index is 4.21. The van der Waals surface area contributed by atoms with Crippen LogP contribution in [0.2, 0.25) is 0 Å². The Bertz CT molecular complexity index is 313. The second-order valence-corrected chi connectivity index (χ2v) is 6.73. The summed E-state index contributed by atoms with van der Waals surface area (Å²) >= 11 is 0. The normalized spacial score (nSPS) is 14.1. The van der Waals surface area contributed by atoms with Gasteiger partial charge in [-0.25, -0.2) is 0 Å². The van der Waals surface area contributed by atoms with Crippen LogP contribution in [0.3, 0.4) is 0 Å². The zero-order valence-corrected chi connectivity index (χ0v) is 13.8. The van der Waals surface area contributed by atoms with Crippen LogP contribution in [0.25, 0.3) is 0 Å². The quantitative estimate of drug-likeness (QED) is 0.512. The van der Waals surface area contributed by atoms with Crippen molar-refractivity contribution in [1.82, 2.24) is 0 Å². The van der Waals surface area contributed by atoms with Gasteiger partial charge in [0.05, 0.1) is 12.7 Å². The first kappa shape index (κ1) is 18.2. The zero-order valence-electron chi connectivity index (χ0n) is 13.8. The van der Waals surface area contributed by atoms with Crippen molar-refractivity contribution in [1.29, 1.82) is 0 Å². The first-order chi connectivity index (χ1) is 8.74. The smallest absolute Gasteiger partial charge is 0.0720 e. The minimum atomic E-state index is 0.264. The molecule has 0 bridgehead atoms. The molecule has 110 valence electrons. The van der Waals surface area contributed by atoms with Crippen LogP contribution in [0, 0.1) is 5.41 Å². The Kier molecular flexibility index (Phi) is 8.75. The van der Waals surface area contributed by atoms with Crippen LogP contribution >= 0.6 is 0 Å². The van der Waals surface area contributed by atoms with E-state index in [1.165, 1.54) is 24.8 Å². The molecule has 0 aromatic heterocycles. The molecule has 0 saturated carbocycles. The largest absolute Gasteiger partial charge is 0.374 e. The Morgan fingerprint density at radius 3 is 2.32 bits per heavy atom. The zero-order chi connectivity index (χ0) is 14.9. The molecule has 0 spiro atoms. The Labute approximate surface area is 120 Å². The van der Waals surface area contributed by atoms with Gasteiger partial charge in [-0.15, -0.1) is 0 Å². The molecule has 0 saturated heterocycles. The van der Waals surface area contributed by atoms with Gasteiger partial charge in [0.25, 0.3) is 0 Å². The van der Waals surface area contributed by atoms with Crippen LogP contribution < -0.4 is 0 Å². The lowest BCUT2D eigenvalue weighted by atomic mass is 9.89. The number of hydrogen-bond donors (Lipinski definition) is 0. The summed E-state index contributed by atoms with van der Waals surface area (Å²) in [6.45, 7) is 17.7. The summed E-state index contributed by atoms with van der Waals surface area (Å²) in [7, 11) is 0. The lowest BCUT2D eigenvalue weighted by molar-refractivity contribution is 0.0989. The minimum Gasteiger partial charge on any atom is -0.374 e. The van der Waals surface area contributed by atoms with Crippen molar-refractivity contribution < 1.29 is 4.74 Å². The maximum Gasteiger partial charge on any atom is 0.0720 e. The van der Waals surface area contributed by atoms with Gasteiger partial charge in [0.1, 0.15) is 0 Å². The average Bonchev–Trinajstić information content (AvgIpc) is 2.27. The number of ether oxygens (including phenoxy) is 1. The van der Waals surface area contributed by atoms with E-state index in [0.717, 1.165) is 5.57 Å². The van der Waals surface area contributed by atoms with Gasteiger partial charge in [-0.2, -0.15) is 0 Å².